The van der Waals surface area contributed by atoms with Crippen LogP contribution < -0.4 is 10.3 Å². The van der Waals surface area contributed by atoms with E-state index in [1.54, 1.807) is 6.92 Å². The molecule has 0 atom stereocenters. The first kappa shape index (κ1) is 15.4. The van der Waals surface area contributed by atoms with Gasteiger partial charge in [-0.05, 0) is 6.92 Å². The van der Waals surface area contributed by atoms with Crippen LogP contribution in [-0.4, -0.2) is 18.3 Å². The average molecular weight is 320 g/mol. The molecule has 0 radical (unpaired) electrons. The third-order valence-electron chi connectivity index (χ3n) is 2.59. The molecule has 0 aliphatic carbocycles. The van der Waals surface area contributed by atoms with E-state index in [0.717, 1.165) is 9.90 Å². The molecule has 0 fully saturated rings. The molecule has 0 saturated carbocycles. The number of rotatable bonds is 5. The smallest absolute Gasteiger partial charge is 0.350 e. The molecule has 2 aromatic rings. The number of ether oxygens (including phenoxy) is 1. The van der Waals surface area contributed by atoms with Crippen molar-refractivity contribution in [3.63, 3.8) is 0 Å². The second-order valence-electron chi connectivity index (χ2n) is 3.93. The summed E-state index contributed by atoms with van der Waals surface area (Å²) >= 11 is 2.62. The minimum absolute atomic E-state index is 0.294. The van der Waals surface area contributed by atoms with Crippen LogP contribution in [0.5, 0.6) is 0 Å². The van der Waals surface area contributed by atoms with Gasteiger partial charge in [0.25, 0.3) is 5.69 Å². The first-order valence-electron chi connectivity index (χ1n) is 6.24. The predicted molar refractivity (Wildman–Crippen MR) is 82.6 cm³/mol. The Morgan fingerprint density at radius 1 is 1.48 bits per heavy atom. The number of hydrogen-bond acceptors (Lipinski definition) is 6. The summed E-state index contributed by atoms with van der Waals surface area (Å²) in [5.74, 6) is -0.135. The van der Waals surface area contributed by atoms with E-state index in [4.69, 9.17) is 15.7 Å². The van der Waals surface area contributed by atoms with Crippen LogP contribution in [0, 0.1) is 11.3 Å². The van der Waals surface area contributed by atoms with E-state index in [2.05, 4.69) is 6.07 Å². The number of nitrogens with two attached hydrogens (primary N) is 1. The molecule has 0 spiro atoms. The topological polar surface area (TPSA) is 80.0 Å². The lowest BCUT2D eigenvalue weighted by Crippen LogP contribution is -2.30. The van der Waals surface area contributed by atoms with Gasteiger partial charge in [0, 0.05) is 12.1 Å². The van der Waals surface area contributed by atoms with Crippen molar-refractivity contribution in [3.8, 4) is 11.8 Å². The summed E-state index contributed by atoms with van der Waals surface area (Å²) < 4.78 is 7.69. The van der Waals surface area contributed by atoms with Gasteiger partial charge < -0.3 is 10.5 Å². The van der Waals surface area contributed by atoms with Crippen LogP contribution in [0.3, 0.4) is 0 Å². The van der Waals surface area contributed by atoms with Crippen molar-refractivity contribution in [2.24, 2.45) is 0 Å². The summed E-state index contributed by atoms with van der Waals surface area (Å²) in [6.45, 7) is 2.05. The van der Waals surface area contributed by atoms with Crippen LogP contribution >= 0.6 is 23.1 Å². The number of thiophene rings is 1. The van der Waals surface area contributed by atoms with E-state index in [-0.39, 0.29) is 0 Å². The lowest BCUT2D eigenvalue weighted by molar-refractivity contribution is -0.596. The van der Waals surface area contributed by atoms with E-state index in [1.807, 2.05) is 35.2 Å². The summed E-state index contributed by atoms with van der Waals surface area (Å²) in [7, 11) is 0. The van der Waals surface area contributed by atoms with Crippen molar-refractivity contribution >= 4 is 34.8 Å². The summed E-state index contributed by atoms with van der Waals surface area (Å²) in [5, 5.41) is 8.76. The second kappa shape index (κ2) is 7.11. The molecule has 7 heteroatoms. The maximum absolute atomic E-state index is 12.0. The van der Waals surface area contributed by atoms with Crippen molar-refractivity contribution in [1.82, 2.24) is 0 Å². The van der Waals surface area contributed by atoms with Crippen LogP contribution in [0.15, 0.2) is 34.8 Å². The van der Waals surface area contributed by atoms with Gasteiger partial charge in [-0.15, -0.1) is 11.3 Å². The molecule has 0 bridgehead atoms. The largest absolute Gasteiger partial charge is 0.462 e. The van der Waals surface area contributed by atoms with Crippen molar-refractivity contribution in [2.75, 3.05) is 18.1 Å². The lowest BCUT2D eigenvalue weighted by Gasteiger charge is -1.99. The van der Waals surface area contributed by atoms with Gasteiger partial charge in [-0.2, -0.15) is 9.83 Å². The van der Waals surface area contributed by atoms with Gasteiger partial charge in [-0.3, -0.25) is 0 Å². The number of carbonyl (C=O) groups excluding carboxylic acids is 1. The standard InChI is InChI=1S/C14H13N3O2S2/c1-2-19-13(18)12-10(16)11(14(21-12)20-9-6-15)17-7-4-3-5-8-17/h3-5,7-8H,2,9H2,1H3,(H-,16,18)/p+1. The van der Waals surface area contributed by atoms with Gasteiger partial charge in [0.1, 0.15) is 14.8 Å². The Hall–Kier alpha value is -2.04. The summed E-state index contributed by atoms with van der Waals surface area (Å²) in [6, 6.07) is 7.73. The Morgan fingerprint density at radius 2 is 2.19 bits per heavy atom. The van der Waals surface area contributed by atoms with Gasteiger partial charge in [0.15, 0.2) is 12.4 Å². The number of hydrogen-bond donors (Lipinski definition) is 1. The number of aromatic nitrogens is 1. The zero-order valence-electron chi connectivity index (χ0n) is 11.4. The van der Waals surface area contributed by atoms with Gasteiger partial charge in [0.2, 0.25) is 0 Å². The fourth-order valence-electron chi connectivity index (χ4n) is 1.75. The third kappa shape index (κ3) is 3.35. The molecular formula is C14H14N3O2S2+. The van der Waals surface area contributed by atoms with Crippen LogP contribution in [0.4, 0.5) is 5.69 Å². The SMILES string of the molecule is CCOC(=O)c1sc(SCC#N)c(-[n+]2ccccc2)c1N. The van der Waals surface area contributed by atoms with Crippen LogP contribution in [-0.2, 0) is 4.74 Å². The highest BCUT2D eigenvalue weighted by Crippen LogP contribution is 2.38. The molecule has 2 heterocycles. The van der Waals surface area contributed by atoms with Crippen LogP contribution in [0.2, 0.25) is 0 Å². The van der Waals surface area contributed by atoms with Gasteiger partial charge in [0.05, 0.1) is 18.4 Å². The molecule has 0 aliphatic rings. The van der Waals surface area contributed by atoms with E-state index < -0.39 is 5.97 Å². The van der Waals surface area contributed by atoms with Crippen LogP contribution in [0.1, 0.15) is 16.6 Å². The Bertz CT molecular complexity index is 678. The zero-order valence-corrected chi connectivity index (χ0v) is 13.0. The Kier molecular flexibility index (Phi) is 5.20. The van der Waals surface area contributed by atoms with Gasteiger partial charge in [-0.25, -0.2) is 4.79 Å². The van der Waals surface area contributed by atoms with Crippen molar-refractivity contribution in [3.05, 3.63) is 35.5 Å². The second-order valence-corrected chi connectivity index (χ2v) is 6.20. The zero-order chi connectivity index (χ0) is 15.2. The molecule has 0 aromatic carbocycles. The highest BCUT2D eigenvalue weighted by Gasteiger charge is 2.28. The molecule has 0 unspecified atom stereocenters. The average Bonchev–Trinajstić information content (AvgIpc) is 2.83. The minimum atomic E-state index is -0.429. The van der Waals surface area contributed by atoms with E-state index in [9.17, 15) is 4.79 Å². The summed E-state index contributed by atoms with van der Waals surface area (Å²) in [5.41, 5.74) is 7.24. The monoisotopic (exact) mass is 320 g/mol. The fourth-order valence-corrected chi connectivity index (χ4v) is 3.81. The molecule has 2 N–H and O–H groups in total. The summed E-state index contributed by atoms with van der Waals surface area (Å²) in [4.78, 5) is 12.3. The number of thioether (sulfide) groups is 1. The van der Waals surface area contributed by atoms with Crippen molar-refractivity contribution in [2.45, 2.75) is 11.1 Å². The van der Waals surface area contributed by atoms with Crippen molar-refractivity contribution < 1.29 is 14.1 Å². The number of esters is 1. The first-order valence-corrected chi connectivity index (χ1v) is 8.05. The highest BCUT2D eigenvalue weighted by atomic mass is 32.2. The highest BCUT2D eigenvalue weighted by molar-refractivity contribution is 8.01. The normalized spacial score (nSPS) is 10.1. The molecule has 2 rings (SSSR count). The quantitative estimate of drug-likeness (QED) is 0.520. The lowest BCUT2D eigenvalue weighted by atomic mass is 10.3. The maximum Gasteiger partial charge on any atom is 0.350 e. The van der Waals surface area contributed by atoms with E-state index in [1.165, 1.54) is 23.1 Å². The third-order valence-corrected chi connectivity index (χ3v) is 4.89. The summed E-state index contributed by atoms with van der Waals surface area (Å²) in [6.07, 6.45) is 3.70. The number of carbonyl (C=O) groups is 1. The molecule has 21 heavy (non-hydrogen) atoms. The minimum Gasteiger partial charge on any atom is -0.462 e. The van der Waals surface area contributed by atoms with Gasteiger partial charge >= 0.3 is 5.97 Å². The molecule has 2 aromatic heterocycles. The Morgan fingerprint density at radius 3 is 2.81 bits per heavy atom. The fraction of sp³-hybridized carbons (Fsp3) is 0.214. The number of nitriles is 1. The van der Waals surface area contributed by atoms with E-state index >= 15 is 0 Å². The molecule has 0 aliphatic heterocycles. The first-order chi connectivity index (χ1) is 10.2. The molecule has 5 nitrogen and oxygen atoms in total. The number of nitrogen functional groups attached to an aromatic ring is 1. The van der Waals surface area contributed by atoms with E-state index in [0.29, 0.717) is 22.9 Å². The van der Waals surface area contributed by atoms with Crippen LogP contribution in [0.25, 0.3) is 5.69 Å². The van der Waals surface area contributed by atoms with Gasteiger partial charge in [-0.1, -0.05) is 17.8 Å². The molecule has 0 amide bonds. The molecule has 108 valence electrons. The molecular weight excluding hydrogens is 306 g/mol. The number of anilines is 1. The number of pyridine rings is 1. The number of nitrogens with zero attached hydrogens (tertiary/aromatic N) is 2. The Balaban J connectivity index is 2.51. The Labute approximate surface area is 131 Å². The predicted octanol–water partition coefficient (Wildman–Crippen LogP) is 2.40. The maximum atomic E-state index is 12.0. The molecule has 0 saturated heterocycles. The van der Waals surface area contributed by atoms with Crippen molar-refractivity contribution in [1.29, 1.82) is 5.26 Å².